The molecule has 0 radical (unpaired) electrons. The van der Waals surface area contributed by atoms with Gasteiger partial charge in [-0.1, -0.05) is 443 Å². The van der Waals surface area contributed by atoms with Crippen molar-refractivity contribution in [2.75, 3.05) is 9.80 Å². The lowest BCUT2D eigenvalue weighted by Crippen LogP contribution is -2.28. The second kappa shape index (κ2) is 31.3. The number of rotatable bonds is 13. The molecule has 1 atom stereocenters. The molecule has 2 heteroatoms. The number of hydrogen-bond acceptors (Lipinski definition) is 2. The molecule has 30 rings (SSSR count). The van der Waals surface area contributed by atoms with E-state index >= 15 is 0 Å². The van der Waals surface area contributed by atoms with Crippen LogP contribution in [0.15, 0.2) is 534 Å². The van der Waals surface area contributed by atoms with Gasteiger partial charge in [0.1, 0.15) is 0 Å². The predicted molar refractivity (Wildman–Crippen MR) is 598 cm³/mol. The van der Waals surface area contributed by atoms with Crippen LogP contribution in [0.1, 0.15) is 66.8 Å². The van der Waals surface area contributed by atoms with Gasteiger partial charge < -0.3 is 9.80 Å². The number of anilines is 6. The molecule has 2 spiro atoms. The summed E-state index contributed by atoms with van der Waals surface area (Å²) in [6, 6.07) is 202. The van der Waals surface area contributed by atoms with Crippen molar-refractivity contribution >= 4 is 98.8 Å². The molecule has 662 valence electrons. The highest BCUT2D eigenvalue weighted by Crippen LogP contribution is 2.67. The van der Waals surface area contributed by atoms with E-state index in [1.165, 1.54) is 220 Å². The van der Waals surface area contributed by atoms with Crippen LogP contribution in [0.5, 0.6) is 0 Å². The molecule has 5 aliphatic carbocycles. The Hall–Kier alpha value is -18.3. The van der Waals surface area contributed by atoms with E-state index in [9.17, 15) is 0 Å². The summed E-state index contributed by atoms with van der Waals surface area (Å²) in [6.45, 7) is 0. The molecule has 0 heterocycles. The van der Waals surface area contributed by atoms with E-state index in [0.717, 1.165) is 56.4 Å². The molecule has 1 unspecified atom stereocenters. The van der Waals surface area contributed by atoms with Gasteiger partial charge in [0, 0.05) is 34.0 Å². The topological polar surface area (TPSA) is 6.48 Å². The van der Waals surface area contributed by atoms with Crippen molar-refractivity contribution in [3.05, 3.63) is 601 Å². The molecular weight excluding hydrogens is 1720 g/mol. The van der Waals surface area contributed by atoms with Crippen LogP contribution in [-0.2, 0) is 16.2 Å². The maximum absolute atomic E-state index is 2.55. The van der Waals surface area contributed by atoms with E-state index in [0.29, 0.717) is 0 Å². The second-order valence-corrected chi connectivity index (χ2v) is 39.3. The SMILES string of the molecule is c1ccc(-c2ccc(-c3ccccc3N(c3ccc(-c4ccc5c(c4)-c4ccccc4C54c5ccccc5-c5ccc(-c6ccc7c8ccc(N(c9ccc(-c%10ccc%11c(c%10)-c%10ccccc%10C%11%10c%11ccccc%11-c%11ccccc%11%10)cc9)c9ccc%10c(c9)C(c9ccccc9)(c9ccccc9)c9ccccc9-%10)cc8c8ccccc8c7c6)cc54)cc3)c3ccc4c5ccccc5c5ccccc5c4c3)cc2)cc1. The Bertz CT molecular complexity index is 9510. The van der Waals surface area contributed by atoms with Crippen LogP contribution < -0.4 is 9.80 Å². The fourth-order valence-electron chi connectivity index (χ4n) is 26.5. The number of hydrogen-bond donors (Lipinski definition) is 0. The van der Waals surface area contributed by atoms with Crippen LogP contribution in [-0.4, -0.2) is 0 Å². The number of benzene rings is 25. The van der Waals surface area contributed by atoms with Crippen molar-refractivity contribution in [2.24, 2.45) is 0 Å². The summed E-state index contributed by atoms with van der Waals surface area (Å²) < 4.78 is 0. The van der Waals surface area contributed by atoms with Gasteiger partial charge in [-0.25, -0.2) is 0 Å². The molecule has 0 saturated carbocycles. The third kappa shape index (κ3) is 11.6. The van der Waals surface area contributed by atoms with Crippen molar-refractivity contribution in [3.63, 3.8) is 0 Å². The van der Waals surface area contributed by atoms with E-state index in [1.807, 2.05) is 0 Å². The molecule has 0 fully saturated rings. The zero-order valence-corrected chi connectivity index (χ0v) is 78.2. The Kier molecular flexibility index (Phi) is 17.7. The predicted octanol–water partition coefficient (Wildman–Crippen LogP) is 36.9. The highest BCUT2D eigenvalue weighted by atomic mass is 15.1. The number of para-hydroxylation sites is 1. The lowest BCUT2D eigenvalue weighted by atomic mass is 9.67. The fourth-order valence-corrected chi connectivity index (χ4v) is 26.5. The van der Waals surface area contributed by atoms with Gasteiger partial charge in [0.2, 0.25) is 0 Å². The average molecular weight is 1810 g/mol. The highest BCUT2D eigenvalue weighted by molar-refractivity contribution is 6.28. The first-order valence-electron chi connectivity index (χ1n) is 50.0. The van der Waals surface area contributed by atoms with Gasteiger partial charge in [0.25, 0.3) is 0 Å². The smallest absolute Gasteiger partial charge is 0.0725 e. The average Bonchev–Trinajstić information content (AvgIpc) is 1.51. The van der Waals surface area contributed by atoms with Gasteiger partial charge in [-0.05, 0) is 328 Å². The fraction of sp³-hybridized carbons (Fsp3) is 0.0213. The van der Waals surface area contributed by atoms with Gasteiger partial charge in [0.15, 0.2) is 0 Å². The van der Waals surface area contributed by atoms with Crippen LogP contribution in [0.4, 0.5) is 34.1 Å². The standard InChI is InChI=1S/C141H88N2/c1-4-30-89(31-5-1)90-56-58-93(59-57-90)105-36-22-29-55-138(105)143(103-73-78-113-108-39-11-10-37-106(108)107-38-12-13-40-109(107)125(113)87-103)101-70-62-92(63-71-101)95-67-81-135-127(84-95)120-48-21-28-54-133(120)141(135)131-52-26-19-46-118(131)121-76-65-97(85-136(121)141)96-64-75-112-114-77-72-102(86-124(114)111-42-15-14-41-110(111)123(112)82-96)142(104-74-79-122-117-45-16-23-49-128(117)139(137(122)88-104,98-32-6-2-7-33-98)99-34-8-3-9-35-99)100-68-60-91(61-69-100)94-66-80-134-126(83-94)119-47-20-27-53-132(119)140(134)129-50-24-17-43-115(129)116-44-18-25-51-130(116)140/h1-88H. The largest absolute Gasteiger partial charge is 0.310 e. The lowest BCUT2D eigenvalue weighted by molar-refractivity contribution is 0.768. The van der Waals surface area contributed by atoms with Crippen molar-refractivity contribution in [1.29, 1.82) is 0 Å². The van der Waals surface area contributed by atoms with Crippen molar-refractivity contribution in [1.82, 2.24) is 0 Å². The third-order valence-electron chi connectivity index (χ3n) is 32.6. The van der Waals surface area contributed by atoms with Crippen molar-refractivity contribution in [3.8, 4) is 111 Å². The van der Waals surface area contributed by atoms with E-state index in [4.69, 9.17) is 0 Å². The van der Waals surface area contributed by atoms with E-state index in [1.54, 1.807) is 0 Å². The van der Waals surface area contributed by atoms with Crippen LogP contribution >= 0.6 is 0 Å². The van der Waals surface area contributed by atoms with Gasteiger partial charge in [-0.2, -0.15) is 0 Å². The first kappa shape index (κ1) is 80.7. The summed E-state index contributed by atoms with van der Waals surface area (Å²) in [6.07, 6.45) is 0. The van der Waals surface area contributed by atoms with Crippen LogP contribution in [0.25, 0.3) is 176 Å². The lowest BCUT2D eigenvalue weighted by Gasteiger charge is -2.35. The minimum atomic E-state index is -0.610. The molecule has 5 aliphatic rings. The Labute approximate surface area is 830 Å². The maximum Gasteiger partial charge on any atom is 0.0725 e. The van der Waals surface area contributed by atoms with Crippen molar-refractivity contribution < 1.29 is 0 Å². The maximum atomic E-state index is 2.55. The first-order chi connectivity index (χ1) is 70.9. The van der Waals surface area contributed by atoms with Gasteiger partial charge in [-0.15, -0.1) is 0 Å². The monoisotopic (exact) mass is 1810 g/mol. The molecule has 0 saturated heterocycles. The Morgan fingerprint density at radius 2 is 0.364 bits per heavy atom. The zero-order valence-electron chi connectivity index (χ0n) is 78.2. The summed E-state index contributed by atoms with van der Waals surface area (Å²) >= 11 is 0. The molecular formula is C141H88N2. The Morgan fingerprint density at radius 1 is 0.112 bits per heavy atom. The molecule has 0 N–H and O–H groups in total. The minimum absolute atomic E-state index is 0.415. The Balaban J connectivity index is 0.531. The van der Waals surface area contributed by atoms with Crippen LogP contribution in [0, 0.1) is 0 Å². The molecule has 0 amide bonds. The number of nitrogens with zero attached hydrogens (tertiary/aromatic N) is 2. The molecule has 25 aromatic rings. The normalized spacial score (nSPS) is 14.2. The second-order valence-electron chi connectivity index (χ2n) is 39.3. The van der Waals surface area contributed by atoms with Crippen molar-refractivity contribution in [2.45, 2.75) is 16.2 Å². The highest BCUT2D eigenvalue weighted by Gasteiger charge is 2.54. The summed E-state index contributed by atoms with van der Waals surface area (Å²) in [5.74, 6) is 0. The zero-order chi connectivity index (χ0) is 93.7. The first-order valence-corrected chi connectivity index (χ1v) is 50.0. The van der Waals surface area contributed by atoms with E-state index < -0.39 is 16.2 Å². The molecule has 0 aliphatic heterocycles. The molecule has 0 aromatic heterocycles. The Morgan fingerprint density at radius 3 is 0.832 bits per heavy atom. The molecule has 143 heavy (non-hydrogen) atoms. The van der Waals surface area contributed by atoms with Gasteiger partial charge >= 0.3 is 0 Å². The molecule has 0 bridgehead atoms. The van der Waals surface area contributed by atoms with E-state index in [2.05, 4.69) is 544 Å². The van der Waals surface area contributed by atoms with Crippen LogP contribution in [0.3, 0.4) is 0 Å². The summed E-state index contributed by atoms with van der Waals surface area (Å²) in [5, 5.41) is 14.7. The third-order valence-corrected chi connectivity index (χ3v) is 32.6. The number of fused-ring (bicyclic) bond motifs is 35. The van der Waals surface area contributed by atoms with Gasteiger partial charge in [0.05, 0.1) is 21.9 Å². The summed E-state index contributed by atoms with van der Waals surface area (Å²) in [4.78, 5) is 4.99. The minimum Gasteiger partial charge on any atom is -0.310 e. The van der Waals surface area contributed by atoms with Crippen LogP contribution in [0.2, 0.25) is 0 Å². The summed E-state index contributed by atoms with van der Waals surface area (Å²) in [7, 11) is 0. The molecule has 25 aromatic carbocycles. The quantitative estimate of drug-likeness (QED) is 0.106. The summed E-state index contributed by atoms with van der Waals surface area (Å²) in [5.41, 5.74) is 44.9. The molecule has 2 nitrogen and oxygen atoms in total. The van der Waals surface area contributed by atoms with E-state index in [-0.39, 0.29) is 0 Å². The van der Waals surface area contributed by atoms with Gasteiger partial charge in [-0.3, -0.25) is 0 Å².